The smallest absolute Gasteiger partial charge is 0.236 e. The number of nitrogens with one attached hydrogen (secondary N) is 1. The first-order valence-corrected chi connectivity index (χ1v) is 7.34. The van der Waals surface area contributed by atoms with E-state index in [2.05, 4.69) is 39.1 Å². The van der Waals surface area contributed by atoms with Crippen LogP contribution in [0.5, 0.6) is 0 Å². The summed E-state index contributed by atoms with van der Waals surface area (Å²) in [7, 11) is 1.81. The number of rotatable bonds is 5. The molecule has 4 nitrogen and oxygen atoms in total. The van der Waals surface area contributed by atoms with Crippen molar-refractivity contribution in [3.63, 3.8) is 0 Å². The van der Waals surface area contributed by atoms with Gasteiger partial charge >= 0.3 is 0 Å². The molecule has 1 aromatic heterocycles. The predicted molar refractivity (Wildman–Crippen MR) is 79.5 cm³/mol. The summed E-state index contributed by atoms with van der Waals surface area (Å²) in [6.45, 7) is 9.28. The Morgan fingerprint density at radius 2 is 2.10 bits per heavy atom. The number of hydrogen-bond acceptors (Lipinski definition) is 3. The average Bonchev–Trinajstić information content (AvgIpc) is 2.88. The van der Waals surface area contributed by atoms with Crippen LogP contribution in [0.3, 0.4) is 0 Å². The first-order valence-electron chi connectivity index (χ1n) is 7.34. The highest BCUT2D eigenvalue weighted by molar-refractivity contribution is 5.78. The molecule has 0 spiro atoms. The van der Waals surface area contributed by atoms with Crippen molar-refractivity contribution in [3.8, 4) is 0 Å². The van der Waals surface area contributed by atoms with Crippen molar-refractivity contribution in [2.24, 2.45) is 5.92 Å². The topological polar surface area (TPSA) is 45.5 Å². The molecule has 1 aromatic rings. The molecule has 1 N–H and O–H groups in total. The van der Waals surface area contributed by atoms with Crippen molar-refractivity contribution in [2.45, 2.75) is 52.1 Å². The molecule has 0 radical (unpaired) electrons. The van der Waals surface area contributed by atoms with Gasteiger partial charge in [0.2, 0.25) is 5.91 Å². The molecular weight excluding hydrogens is 252 g/mol. The molecule has 2 unspecified atom stereocenters. The van der Waals surface area contributed by atoms with Gasteiger partial charge in [-0.3, -0.25) is 4.79 Å². The molecule has 1 saturated carbocycles. The van der Waals surface area contributed by atoms with Gasteiger partial charge < -0.3 is 14.6 Å². The molecule has 1 amide bonds. The van der Waals surface area contributed by atoms with Crippen LogP contribution >= 0.6 is 0 Å². The number of likely N-dealkylation sites (N-methyl/N-ethyl adjacent to an activating group) is 1. The van der Waals surface area contributed by atoms with Gasteiger partial charge in [0.25, 0.3) is 0 Å². The van der Waals surface area contributed by atoms with Gasteiger partial charge in [-0.25, -0.2) is 0 Å². The fraction of sp³-hybridized carbons (Fsp3) is 0.688. The Labute approximate surface area is 121 Å². The number of carbonyl (C=O) groups is 1. The number of furan rings is 1. The third kappa shape index (κ3) is 4.10. The van der Waals surface area contributed by atoms with Crippen LogP contribution in [0.15, 0.2) is 16.5 Å². The number of amides is 1. The molecule has 1 aliphatic rings. The molecule has 2 atom stereocenters. The summed E-state index contributed by atoms with van der Waals surface area (Å²) < 4.78 is 5.83. The van der Waals surface area contributed by atoms with E-state index in [1.165, 1.54) is 6.42 Å². The summed E-state index contributed by atoms with van der Waals surface area (Å²) in [5.41, 5.74) is -0.0452. The van der Waals surface area contributed by atoms with Crippen molar-refractivity contribution >= 4 is 5.91 Å². The zero-order valence-corrected chi connectivity index (χ0v) is 13.2. The van der Waals surface area contributed by atoms with Gasteiger partial charge in [0.15, 0.2) is 0 Å². The van der Waals surface area contributed by atoms with E-state index in [1.807, 2.05) is 13.1 Å². The summed E-state index contributed by atoms with van der Waals surface area (Å²) in [6.07, 6.45) is 1.22. The summed E-state index contributed by atoms with van der Waals surface area (Å²) in [4.78, 5) is 13.7. The maximum atomic E-state index is 12.0. The minimum Gasteiger partial charge on any atom is -0.464 e. The zero-order chi connectivity index (χ0) is 14.9. The zero-order valence-electron chi connectivity index (χ0n) is 13.2. The summed E-state index contributed by atoms with van der Waals surface area (Å²) in [5, 5.41) is 3.21. The van der Waals surface area contributed by atoms with E-state index in [1.54, 1.807) is 4.90 Å². The summed E-state index contributed by atoms with van der Waals surface area (Å²) in [6, 6.07) is 4.04. The SMILES string of the molecule is CC1CC1c1ccc(CN(C)C(=O)CNC(C)(C)C)o1. The van der Waals surface area contributed by atoms with Crippen molar-refractivity contribution in [1.29, 1.82) is 0 Å². The third-order valence-electron chi connectivity index (χ3n) is 3.75. The van der Waals surface area contributed by atoms with E-state index in [4.69, 9.17) is 4.42 Å². The normalized spacial score (nSPS) is 21.9. The van der Waals surface area contributed by atoms with Gasteiger partial charge in [-0.1, -0.05) is 6.92 Å². The van der Waals surface area contributed by atoms with Crippen LogP contribution in [0.1, 0.15) is 51.6 Å². The molecule has 4 heteroatoms. The van der Waals surface area contributed by atoms with Crippen LogP contribution in [0.4, 0.5) is 0 Å². The highest BCUT2D eigenvalue weighted by Crippen LogP contribution is 2.47. The molecule has 112 valence electrons. The lowest BCUT2D eigenvalue weighted by Crippen LogP contribution is -2.43. The lowest BCUT2D eigenvalue weighted by molar-refractivity contribution is -0.130. The quantitative estimate of drug-likeness (QED) is 0.901. The number of nitrogens with zero attached hydrogens (tertiary/aromatic N) is 1. The standard InChI is InChI=1S/C16H26N2O2/c1-11-8-13(11)14-7-6-12(20-14)10-18(5)15(19)9-17-16(2,3)4/h6-7,11,13,17H,8-10H2,1-5H3. The Bertz CT molecular complexity index is 473. The highest BCUT2D eigenvalue weighted by Gasteiger charge is 2.36. The first kappa shape index (κ1) is 15.1. The van der Waals surface area contributed by atoms with Crippen molar-refractivity contribution in [1.82, 2.24) is 10.2 Å². The second-order valence-electron chi connectivity index (χ2n) is 6.98. The maximum Gasteiger partial charge on any atom is 0.236 e. The van der Waals surface area contributed by atoms with Crippen LogP contribution in [-0.4, -0.2) is 29.9 Å². The fourth-order valence-corrected chi connectivity index (χ4v) is 2.19. The number of carbonyl (C=O) groups excluding carboxylic acids is 1. The average molecular weight is 278 g/mol. The van der Waals surface area contributed by atoms with E-state index >= 15 is 0 Å². The van der Waals surface area contributed by atoms with Crippen LogP contribution in [0.25, 0.3) is 0 Å². The lowest BCUT2D eigenvalue weighted by atomic mass is 10.1. The Morgan fingerprint density at radius 3 is 2.65 bits per heavy atom. The Balaban J connectivity index is 1.83. The lowest BCUT2D eigenvalue weighted by Gasteiger charge is -2.22. The van der Waals surface area contributed by atoms with E-state index in [0.717, 1.165) is 17.4 Å². The molecule has 1 aliphatic carbocycles. The maximum absolute atomic E-state index is 12.0. The van der Waals surface area contributed by atoms with E-state index in [0.29, 0.717) is 19.0 Å². The third-order valence-corrected chi connectivity index (χ3v) is 3.75. The van der Waals surface area contributed by atoms with E-state index in [9.17, 15) is 4.79 Å². The Hall–Kier alpha value is -1.29. The van der Waals surface area contributed by atoms with Crippen molar-refractivity contribution in [3.05, 3.63) is 23.7 Å². The predicted octanol–water partition coefficient (Wildman–Crippen LogP) is 2.75. The molecule has 20 heavy (non-hydrogen) atoms. The van der Waals surface area contributed by atoms with Gasteiger partial charge in [0.1, 0.15) is 11.5 Å². The molecule has 0 aromatic carbocycles. The summed E-state index contributed by atoms with van der Waals surface area (Å²) >= 11 is 0. The van der Waals surface area contributed by atoms with Crippen molar-refractivity contribution < 1.29 is 9.21 Å². The van der Waals surface area contributed by atoms with Crippen LogP contribution in [0.2, 0.25) is 0 Å². The minimum atomic E-state index is -0.0452. The van der Waals surface area contributed by atoms with Gasteiger partial charge in [0, 0.05) is 18.5 Å². The highest BCUT2D eigenvalue weighted by atomic mass is 16.3. The second-order valence-corrected chi connectivity index (χ2v) is 6.98. The molecule has 0 aliphatic heterocycles. The fourth-order valence-electron chi connectivity index (χ4n) is 2.19. The van der Waals surface area contributed by atoms with Crippen LogP contribution < -0.4 is 5.32 Å². The van der Waals surface area contributed by atoms with Gasteiger partial charge in [0.05, 0.1) is 13.1 Å². The summed E-state index contributed by atoms with van der Waals surface area (Å²) in [5.74, 6) is 3.35. The van der Waals surface area contributed by atoms with Gasteiger partial charge in [-0.2, -0.15) is 0 Å². The van der Waals surface area contributed by atoms with Crippen molar-refractivity contribution in [2.75, 3.05) is 13.6 Å². The van der Waals surface area contributed by atoms with Crippen LogP contribution in [-0.2, 0) is 11.3 Å². The monoisotopic (exact) mass is 278 g/mol. The molecule has 0 bridgehead atoms. The molecular formula is C16H26N2O2. The number of hydrogen-bond donors (Lipinski definition) is 1. The molecule has 2 rings (SSSR count). The molecule has 1 heterocycles. The van der Waals surface area contributed by atoms with Crippen LogP contribution in [0, 0.1) is 5.92 Å². The van der Waals surface area contributed by atoms with E-state index in [-0.39, 0.29) is 11.4 Å². The first-order chi connectivity index (χ1) is 9.26. The minimum absolute atomic E-state index is 0.0452. The second kappa shape index (κ2) is 5.60. The largest absolute Gasteiger partial charge is 0.464 e. The van der Waals surface area contributed by atoms with Gasteiger partial charge in [-0.15, -0.1) is 0 Å². The molecule has 0 saturated heterocycles. The Kier molecular flexibility index (Phi) is 4.23. The Morgan fingerprint density at radius 1 is 1.45 bits per heavy atom. The van der Waals surface area contributed by atoms with E-state index < -0.39 is 0 Å². The molecule has 1 fully saturated rings. The van der Waals surface area contributed by atoms with Gasteiger partial charge in [-0.05, 0) is 45.2 Å².